The fraction of sp³-hybridized carbons (Fsp3) is 0. The van der Waals surface area contributed by atoms with E-state index in [9.17, 15) is 0 Å². The summed E-state index contributed by atoms with van der Waals surface area (Å²) in [7, 11) is 10.8. The van der Waals surface area contributed by atoms with Gasteiger partial charge in [-0.3, -0.25) is 0 Å². The molecular formula is CoMnP3. The first kappa shape index (κ1) is 10.3. The molecule has 5 heavy (non-hydrogen) atoms. The Kier molecular flexibility index (Phi) is 13.0. The molecule has 0 rings (SSSR count). The fourth-order valence-corrected chi connectivity index (χ4v) is 0. The summed E-state index contributed by atoms with van der Waals surface area (Å²) in [6.07, 6.45) is 0. The molecular weight excluding hydrogens is 207 g/mol. The van der Waals surface area contributed by atoms with E-state index in [1.807, 2.05) is 0 Å². The molecule has 0 nitrogen and oxygen atoms in total. The summed E-state index contributed by atoms with van der Waals surface area (Å²) in [6.45, 7) is 0. The standard InChI is InChI=1S/Co.Mn.3P. The van der Waals surface area contributed by atoms with Gasteiger partial charge >= 0.3 is 32.2 Å². The summed E-state index contributed by atoms with van der Waals surface area (Å²) in [6, 6.07) is 0. The van der Waals surface area contributed by atoms with Crippen LogP contribution in [0.2, 0.25) is 0 Å². The van der Waals surface area contributed by atoms with Crippen molar-refractivity contribution in [2.45, 2.75) is 0 Å². The third kappa shape index (κ3) is 21.9. The van der Waals surface area contributed by atoms with Crippen LogP contribution in [0.4, 0.5) is 0 Å². The summed E-state index contributed by atoms with van der Waals surface area (Å²) in [4.78, 5) is 0. The van der Waals surface area contributed by atoms with E-state index in [1.165, 1.54) is 0 Å². The average molecular weight is 207 g/mol. The molecule has 0 atom stereocenters. The van der Waals surface area contributed by atoms with Gasteiger partial charge in [-0.15, -0.1) is 0 Å². The normalized spacial score (nSPS) is 4.20. The topological polar surface area (TPSA) is 0 Å². The molecule has 1 radical (unpaired) electrons. The van der Waals surface area contributed by atoms with E-state index in [0.717, 1.165) is 0 Å². The van der Waals surface area contributed by atoms with Crippen LogP contribution >= 0.6 is 22.0 Å². The van der Waals surface area contributed by atoms with Crippen LogP contribution in [0.25, 0.3) is 0 Å². The molecule has 0 aromatic heterocycles. The summed E-state index contributed by atoms with van der Waals surface area (Å²) >= 11 is 0. The van der Waals surface area contributed by atoms with Crippen molar-refractivity contribution in [2.75, 3.05) is 0 Å². The summed E-state index contributed by atoms with van der Waals surface area (Å²) in [5.41, 5.74) is 0. The van der Waals surface area contributed by atoms with Crippen LogP contribution in [-0.4, -0.2) is 0 Å². The van der Waals surface area contributed by atoms with Gasteiger partial charge in [-0.1, -0.05) is 0 Å². The zero-order valence-electron chi connectivity index (χ0n) is 2.05. The predicted molar refractivity (Wildman–Crippen MR) is 20.8 cm³/mol. The molecule has 0 aliphatic rings. The molecule has 0 fully saturated rings. The Morgan fingerprint density at radius 2 is 1.00 bits per heavy atom. The SMILES string of the molecule is [Mn].[P]#[Co](#[P])#[P]. The maximum atomic E-state index is 3.76. The molecule has 0 spiro atoms. The molecule has 0 saturated carbocycles. The Morgan fingerprint density at radius 1 is 1.00 bits per heavy atom. The summed E-state index contributed by atoms with van der Waals surface area (Å²) < 4.78 is 0. The predicted octanol–water partition coefficient (Wildman–Crippen LogP) is 2.58. The van der Waals surface area contributed by atoms with Crippen LogP contribution < -0.4 is 0 Å². The first-order chi connectivity index (χ1) is 1.73. The van der Waals surface area contributed by atoms with Crippen molar-refractivity contribution in [1.29, 1.82) is 0 Å². The second-order valence-corrected chi connectivity index (χ2v) is 7.42. The van der Waals surface area contributed by atoms with Crippen molar-refractivity contribution in [3.8, 4) is 0 Å². The second kappa shape index (κ2) is 6.32. The van der Waals surface area contributed by atoms with E-state index < -0.39 is 10.3 Å². The van der Waals surface area contributed by atoms with Gasteiger partial charge in [0, 0.05) is 17.1 Å². The summed E-state index contributed by atoms with van der Waals surface area (Å²) in [5.74, 6) is 0. The summed E-state index contributed by atoms with van der Waals surface area (Å²) in [5, 5.41) is 0. The van der Waals surface area contributed by atoms with Gasteiger partial charge in [-0.05, 0) is 0 Å². The molecule has 0 bridgehead atoms. The van der Waals surface area contributed by atoms with Gasteiger partial charge in [0.1, 0.15) is 0 Å². The third-order valence-electron chi connectivity index (χ3n) is 0. The van der Waals surface area contributed by atoms with Crippen LogP contribution in [0.5, 0.6) is 0 Å². The first-order valence-corrected chi connectivity index (χ1v) is 5.53. The van der Waals surface area contributed by atoms with Crippen LogP contribution in [-0.2, 0) is 27.4 Å². The Morgan fingerprint density at radius 3 is 1.00 bits per heavy atom. The van der Waals surface area contributed by atoms with Crippen molar-refractivity contribution in [1.82, 2.24) is 0 Å². The second-order valence-electron chi connectivity index (χ2n) is 0.200. The molecule has 0 aromatic rings. The van der Waals surface area contributed by atoms with Crippen LogP contribution in [0.3, 0.4) is 0 Å². The van der Waals surface area contributed by atoms with E-state index in [4.69, 9.17) is 0 Å². The molecule has 0 amide bonds. The molecule has 5 heteroatoms. The van der Waals surface area contributed by atoms with Gasteiger partial charge in [0.05, 0.1) is 0 Å². The Hall–Kier alpha value is 2.32. The van der Waals surface area contributed by atoms with E-state index in [-0.39, 0.29) is 17.1 Å². The Labute approximate surface area is 49.3 Å². The van der Waals surface area contributed by atoms with E-state index in [1.54, 1.807) is 0 Å². The van der Waals surface area contributed by atoms with Gasteiger partial charge in [0.2, 0.25) is 0 Å². The van der Waals surface area contributed by atoms with Gasteiger partial charge in [-0.25, -0.2) is 0 Å². The monoisotopic (exact) mass is 207 g/mol. The Balaban J connectivity index is 0. The van der Waals surface area contributed by atoms with Gasteiger partial charge in [-0.2, -0.15) is 0 Å². The average Bonchev–Trinajstić information content (AvgIpc) is 0.811. The zero-order chi connectivity index (χ0) is 3.58. The molecule has 0 aliphatic carbocycles. The fourth-order valence-electron chi connectivity index (χ4n) is 0. The number of hydrogen-bond acceptors (Lipinski definition) is 0. The van der Waals surface area contributed by atoms with Crippen molar-refractivity contribution >= 4 is 22.0 Å². The Bertz CT molecular complexity index is 222. The van der Waals surface area contributed by atoms with Crippen molar-refractivity contribution in [3.05, 3.63) is 0 Å². The van der Waals surface area contributed by atoms with Crippen LogP contribution in [0.15, 0.2) is 0 Å². The van der Waals surface area contributed by atoms with Gasteiger partial charge < -0.3 is 0 Å². The van der Waals surface area contributed by atoms with Crippen LogP contribution in [0, 0.1) is 0 Å². The zero-order valence-corrected chi connectivity index (χ0v) is 6.96. The van der Waals surface area contributed by atoms with E-state index in [2.05, 4.69) is 22.0 Å². The minimum absolute atomic E-state index is 0. The van der Waals surface area contributed by atoms with Crippen molar-refractivity contribution in [2.24, 2.45) is 0 Å². The van der Waals surface area contributed by atoms with Gasteiger partial charge in [0.25, 0.3) is 0 Å². The maximum absolute atomic E-state index is 3.76. The van der Waals surface area contributed by atoms with Crippen molar-refractivity contribution < 1.29 is 27.4 Å². The van der Waals surface area contributed by atoms with Gasteiger partial charge in [0.15, 0.2) is 0 Å². The molecule has 0 unspecified atom stereocenters. The molecule has 31 valence electrons. The molecule has 0 N–H and O–H groups in total. The number of hydrogen-bond donors (Lipinski definition) is 0. The first-order valence-electron chi connectivity index (χ1n) is 0.447. The molecule has 0 heterocycles. The van der Waals surface area contributed by atoms with E-state index >= 15 is 0 Å². The molecule has 0 aliphatic heterocycles. The third-order valence-corrected chi connectivity index (χ3v) is 0. The van der Waals surface area contributed by atoms with Crippen LogP contribution in [0.1, 0.15) is 0 Å². The van der Waals surface area contributed by atoms with E-state index in [0.29, 0.717) is 0 Å². The quantitative estimate of drug-likeness (QED) is 0.422. The van der Waals surface area contributed by atoms with Crippen molar-refractivity contribution in [3.63, 3.8) is 0 Å². The number of rotatable bonds is 0. The minimum atomic E-state index is -0.521. The molecule has 0 aromatic carbocycles. The molecule has 0 saturated heterocycles.